The van der Waals surface area contributed by atoms with Gasteiger partial charge in [0.2, 0.25) is 0 Å². The van der Waals surface area contributed by atoms with Gasteiger partial charge < -0.3 is 4.90 Å². The summed E-state index contributed by atoms with van der Waals surface area (Å²) in [7, 11) is 0. The highest BCUT2D eigenvalue weighted by Gasteiger charge is 2.22. The second kappa shape index (κ2) is 5.04. The van der Waals surface area contributed by atoms with Gasteiger partial charge in [0.05, 0.1) is 5.56 Å². The predicted molar refractivity (Wildman–Crippen MR) is 76.7 cm³/mol. The maximum Gasteiger partial charge on any atom is 0.254 e. The van der Waals surface area contributed by atoms with Crippen LogP contribution in [0.1, 0.15) is 28.8 Å². The average Bonchev–Trinajstić information content (AvgIpc) is 2.75. The molecule has 0 aromatic heterocycles. The summed E-state index contributed by atoms with van der Waals surface area (Å²) in [5.74, 6) is 0.173. The van der Waals surface area contributed by atoms with Crippen molar-refractivity contribution in [2.75, 3.05) is 13.1 Å². The first-order valence-corrected chi connectivity index (χ1v) is 7.21. The van der Waals surface area contributed by atoms with Crippen LogP contribution in [0.3, 0.4) is 0 Å². The van der Waals surface area contributed by atoms with Crippen molar-refractivity contribution in [2.45, 2.75) is 19.8 Å². The summed E-state index contributed by atoms with van der Waals surface area (Å²) < 4.78 is 2.02. The lowest BCUT2D eigenvalue weighted by Gasteiger charge is -2.17. The molecule has 0 saturated carbocycles. The molecule has 1 fully saturated rings. The van der Waals surface area contributed by atoms with Crippen molar-refractivity contribution in [1.29, 1.82) is 0 Å². The van der Waals surface area contributed by atoms with Crippen LogP contribution in [0.2, 0.25) is 0 Å². The number of benzene rings is 1. The molecule has 0 unspecified atom stereocenters. The van der Waals surface area contributed by atoms with E-state index in [1.54, 1.807) is 0 Å². The first kappa shape index (κ1) is 12.4. The van der Waals surface area contributed by atoms with E-state index in [0.717, 1.165) is 45.1 Å². The number of nitrogens with zero attached hydrogens (tertiary/aromatic N) is 1. The Morgan fingerprint density at radius 3 is 2.62 bits per heavy atom. The first-order valence-electron chi connectivity index (χ1n) is 5.34. The van der Waals surface area contributed by atoms with Crippen LogP contribution in [-0.2, 0) is 0 Å². The van der Waals surface area contributed by atoms with E-state index in [0.29, 0.717) is 0 Å². The van der Waals surface area contributed by atoms with Crippen molar-refractivity contribution in [1.82, 2.24) is 4.90 Å². The van der Waals surface area contributed by atoms with Gasteiger partial charge in [0, 0.05) is 21.1 Å². The molecule has 1 aliphatic rings. The van der Waals surface area contributed by atoms with E-state index in [-0.39, 0.29) is 5.91 Å². The van der Waals surface area contributed by atoms with Crippen LogP contribution in [0.4, 0.5) is 0 Å². The Kier molecular flexibility index (Phi) is 3.89. The Bertz CT molecular complexity index is 427. The SMILES string of the molecule is Cc1cc(Br)c(I)c(C(=O)N2CCCC2)c1. The van der Waals surface area contributed by atoms with Crippen LogP contribution in [-0.4, -0.2) is 23.9 Å². The van der Waals surface area contributed by atoms with Crippen molar-refractivity contribution in [2.24, 2.45) is 0 Å². The molecule has 2 nitrogen and oxygen atoms in total. The Hall–Kier alpha value is -0.100. The Morgan fingerprint density at radius 2 is 2.00 bits per heavy atom. The maximum atomic E-state index is 12.3. The molecule has 1 aromatic carbocycles. The second-order valence-corrected chi connectivity index (χ2v) is 6.04. The van der Waals surface area contributed by atoms with Crippen LogP contribution in [0, 0.1) is 10.5 Å². The fraction of sp³-hybridized carbons (Fsp3) is 0.417. The topological polar surface area (TPSA) is 20.3 Å². The molecule has 0 spiro atoms. The van der Waals surface area contributed by atoms with E-state index in [1.807, 2.05) is 24.0 Å². The molecule has 1 heterocycles. The van der Waals surface area contributed by atoms with E-state index >= 15 is 0 Å². The molecule has 1 amide bonds. The number of likely N-dealkylation sites (tertiary alicyclic amines) is 1. The van der Waals surface area contributed by atoms with Crippen molar-refractivity contribution in [3.8, 4) is 0 Å². The van der Waals surface area contributed by atoms with Crippen molar-refractivity contribution in [3.63, 3.8) is 0 Å². The second-order valence-electron chi connectivity index (χ2n) is 4.11. The molecule has 1 aliphatic heterocycles. The number of hydrogen-bond donors (Lipinski definition) is 0. The van der Waals surface area contributed by atoms with Crippen molar-refractivity contribution < 1.29 is 4.79 Å². The van der Waals surface area contributed by atoms with Gasteiger partial charge >= 0.3 is 0 Å². The minimum absolute atomic E-state index is 0.173. The molecule has 0 N–H and O–H groups in total. The summed E-state index contributed by atoms with van der Waals surface area (Å²) in [5.41, 5.74) is 1.95. The molecule has 1 saturated heterocycles. The molecular formula is C12H13BrINO. The summed E-state index contributed by atoms with van der Waals surface area (Å²) in [4.78, 5) is 14.2. The zero-order valence-corrected chi connectivity index (χ0v) is 12.8. The average molecular weight is 394 g/mol. The minimum Gasteiger partial charge on any atom is -0.339 e. The third-order valence-electron chi connectivity index (χ3n) is 2.80. The fourth-order valence-electron chi connectivity index (χ4n) is 1.97. The molecule has 2 rings (SSSR count). The Morgan fingerprint density at radius 1 is 1.38 bits per heavy atom. The monoisotopic (exact) mass is 393 g/mol. The van der Waals surface area contributed by atoms with Gasteiger partial charge in [-0.3, -0.25) is 4.79 Å². The van der Waals surface area contributed by atoms with Gasteiger partial charge in [-0.1, -0.05) is 0 Å². The summed E-state index contributed by atoms with van der Waals surface area (Å²) in [5, 5.41) is 0. The molecule has 86 valence electrons. The lowest BCUT2D eigenvalue weighted by molar-refractivity contribution is 0.0791. The smallest absolute Gasteiger partial charge is 0.254 e. The Balaban J connectivity index is 2.35. The van der Waals surface area contributed by atoms with Gasteiger partial charge in [0.15, 0.2) is 0 Å². The summed E-state index contributed by atoms with van der Waals surface area (Å²) in [6.45, 7) is 3.82. The van der Waals surface area contributed by atoms with Crippen LogP contribution in [0.25, 0.3) is 0 Å². The van der Waals surface area contributed by atoms with E-state index in [9.17, 15) is 4.79 Å². The highest BCUT2D eigenvalue weighted by molar-refractivity contribution is 14.1. The van der Waals surface area contributed by atoms with E-state index < -0.39 is 0 Å². The standard InChI is InChI=1S/C12H13BrINO/c1-8-6-9(11(14)10(13)7-8)12(16)15-4-2-3-5-15/h6-7H,2-5H2,1H3. The molecule has 16 heavy (non-hydrogen) atoms. The highest BCUT2D eigenvalue weighted by Crippen LogP contribution is 2.26. The van der Waals surface area contributed by atoms with Crippen molar-refractivity contribution >= 4 is 44.4 Å². The van der Waals surface area contributed by atoms with Gasteiger partial charge in [0.1, 0.15) is 0 Å². The van der Waals surface area contributed by atoms with Crippen molar-refractivity contribution in [3.05, 3.63) is 31.3 Å². The van der Waals surface area contributed by atoms with Gasteiger partial charge in [-0.25, -0.2) is 0 Å². The third kappa shape index (κ3) is 2.42. The Labute approximate surface area is 118 Å². The zero-order valence-electron chi connectivity index (χ0n) is 9.09. The number of halogens is 2. The van der Waals surface area contributed by atoms with Gasteiger partial charge in [-0.2, -0.15) is 0 Å². The van der Waals surface area contributed by atoms with E-state index in [2.05, 4.69) is 38.5 Å². The maximum absolute atomic E-state index is 12.3. The summed E-state index contributed by atoms with van der Waals surface area (Å²) >= 11 is 5.72. The van der Waals surface area contributed by atoms with E-state index in [1.165, 1.54) is 0 Å². The number of rotatable bonds is 1. The number of amides is 1. The van der Waals surface area contributed by atoms with Gasteiger partial charge in [-0.05, 0) is 76.0 Å². The van der Waals surface area contributed by atoms with Gasteiger partial charge in [-0.15, -0.1) is 0 Å². The minimum atomic E-state index is 0.173. The largest absolute Gasteiger partial charge is 0.339 e. The fourth-order valence-corrected chi connectivity index (χ4v) is 3.09. The third-order valence-corrected chi connectivity index (χ3v) is 5.33. The molecule has 0 radical (unpaired) electrons. The van der Waals surface area contributed by atoms with E-state index in [4.69, 9.17) is 0 Å². The lowest BCUT2D eigenvalue weighted by Crippen LogP contribution is -2.28. The molecule has 0 bridgehead atoms. The highest BCUT2D eigenvalue weighted by atomic mass is 127. The summed E-state index contributed by atoms with van der Waals surface area (Å²) in [6, 6.07) is 4.02. The van der Waals surface area contributed by atoms with Gasteiger partial charge in [0.25, 0.3) is 5.91 Å². The molecule has 0 aliphatic carbocycles. The normalized spacial score (nSPS) is 15.6. The first-order chi connectivity index (χ1) is 7.59. The number of hydrogen-bond acceptors (Lipinski definition) is 1. The molecule has 4 heteroatoms. The number of carbonyl (C=O) groups excluding carboxylic acids is 1. The molecular weight excluding hydrogens is 381 g/mol. The zero-order chi connectivity index (χ0) is 11.7. The number of aryl methyl sites for hydroxylation is 1. The quantitative estimate of drug-likeness (QED) is 0.667. The van der Waals surface area contributed by atoms with Crippen LogP contribution in [0.15, 0.2) is 16.6 Å². The molecule has 0 atom stereocenters. The van der Waals surface area contributed by atoms with Crippen LogP contribution in [0.5, 0.6) is 0 Å². The summed E-state index contributed by atoms with van der Waals surface area (Å²) in [6.07, 6.45) is 2.27. The predicted octanol–water partition coefficient (Wildman–Crippen LogP) is 3.60. The van der Waals surface area contributed by atoms with Crippen LogP contribution < -0.4 is 0 Å². The molecule has 1 aromatic rings. The number of carbonyl (C=O) groups is 1. The van der Waals surface area contributed by atoms with Crippen LogP contribution >= 0.6 is 38.5 Å². The lowest BCUT2D eigenvalue weighted by atomic mass is 10.1.